The number of carboxylic acid groups (broad SMARTS) is 1. The smallest absolute Gasteiger partial charge is 0.339 e. The van der Waals surface area contributed by atoms with E-state index in [-0.39, 0.29) is 5.56 Å². The molecule has 0 bridgehead atoms. The van der Waals surface area contributed by atoms with Crippen molar-refractivity contribution in [3.05, 3.63) is 17.0 Å². The molecule has 0 saturated carbocycles. The first-order valence-corrected chi connectivity index (χ1v) is 4.41. The summed E-state index contributed by atoms with van der Waals surface area (Å²) in [5.41, 5.74) is 1.29. The Bertz CT molecular complexity index is 347. The van der Waals surface area contributed by atoms with Crippen LogP contribution in [0.1, 0.15) is 28.2 Å². The highest BCUT2D eigenvalue weighted by molar-refractivity contribution is 5.90. The Morgan fingerprint density at radius 1 is 1.57 bits per heavy atom. The standard InChI is InChI=1S/C9H13FN2O2/c1-6-8(9(13)14)7(2)12(11-6)5-3-4-10/h3-5H2,1-2H3,(H,13,14). The molecule has 0 spiro atoms. The summed E-state index contributed by atoms with van der Waals surface area (Å²) in [5, 5.41) is 12.9. The molecule has 4 nitrogen and oxygen atoms in total. The molecule has 0 unspecified atom stereocenters. The molecule has 1 N–H and O–H groups in total. The van der Waals surface area contributed by atoms with E-state index < -0.39 is 12.6 Å². The number of hydrogen-bond donors (Lipinski definition) is 1. The highest BCUT2D eigenvalue weighted by atomic mass is 19.1. The Balaban J connectivity index is 2.98. The van der Waals surface area contributed by atoms with Gasteiger partial charge in [0.25, 0.3) is 0 Å². The molecule has 1 heterocycles. The maximum Gasteiger partial charge on any atom is 0.339 e. The maximum atomic E-state index is 11.9. The van der Waals surface area contributed by atoms with Gasteiger partial charge in [0.05, 0.1) is 18.1 Å². The van der Waals surface area contributed by atoms with Crippen molar-refractivity contribution in [2.75, 3.05) is 6.67 Å². The van der Waals surface area contributed by atoms with Gasteiger partial charge < -0.3 is 5.11 Å². The van der Waals surface area contributed by atoms with Crippen LogP contribution in [-0.2, 0) is 6.54 Å². The van der Waals surface area contributed by atoms with Crippen LogP contribution in [0.2, 0.25) is 0 Å². The number of carbonyl (C=O) groups is 1. The molecule has 0 aliphatic carbocycles. The van der Waals surface area contributed by atoms with Crippen LogP contribution in [0.15, 0.2) is 0 Å². The van der Waals surface area contributed by atoms with Gasteiger partial charge >= 0.3 is 5.97 Å². The number of aryl methyl sites for hydroxylation is 2. The fourth-order valence-electron chi connectivity index (χ4n) is 1.43. The summed E-state index contributed by atoms with van der Waals surface area (Å²) in [7, 11) is 0. The normalized spacial score (nSPS) is 10.5. The predicted molar refractivity (Wildman–Crippen MR) is 49.3 cm³/mol. The van der Waals surface area contributed by atoms with Gasteiger partial charge in [0, 0.05) is 6.54 Å². The quantitative estimate of drug-likeness (QED) is 0.802. The molecule has 1 aromatic heterocycles. The monoisotopic (exact) mass is 200 g/mol. The summed E-state index contributed by atoms with van der Waals surface area (Å²) >= 11 is 0. The largest absolute Gasteiger partial charge is 0.478 e. The zero-order chi connectivity index (χ0) is 10.7. The van der Waals surface area contributed by atoms with Crippen LogP contribution in [0, 0.1) is 13.8 Å². The Morgan fingerprint density at radius 3 is 2.64 bits per heavy atom. The van der Waals surface area contributed by atoms with Gasteiger partial charge in [0.2, 0.25) is 0 Å². The van der Waals surface area contributed by atoms with Crippen molar-refractivity contribution in [1.82, 2.24) is 9.78 Å². The SMILES string of the molecule is Cc1nn(CCCF)c(C)c1C(=O)O. The number of hydrogen-bond acceptors (Lipinski definition) is 2. The minimum atomic E-state index is -0.980. The number of carboxylic acids is 1. The first-order valence-electron chi connectivity index (χ1n) is 4.41. The summed E-state index contributed by atoms with van der Waals surface area (Å²) in [6.45, 7) is 3.33. The van der Waals surface area contributed by atoms with E-state index in [4.69, 9.17) is 5.11 Å². The first-order chi connectivity index (χ1) is 6.57. The number of nitrogens with zero attached hydrogens (tertiary/aromatic N) is 2. The number of alkyl halides is 1. The minimum Gasteiger partial charge on any atom is -0.478 e. The predicted octanol–water partition coefficient (Wildman–Crippen LogP) is 1.56. The Kier molecular flexibility index (Phi) is 3.22. The Hall–Kier alpha value is -1.39. The third-order valence-corrected chi connectivity index (χ3v) is 2.10. The van der Waals surface area contributed by atoms with Crippen molar-refractivity contribution in [3.63, 3.8) is 0 Å². The molecule has 0 aliphatic heterocycles. The summed E-state index contributed by atoms with van der Waals surface area (Å²) in [6, 6.07) is 0. The second kappa shape index (κ2) is 4.21. The van der Waals surface area contributed by atoms with Crippen LogP contribution in [0.3, 0.4) is 0 Å². The third-order valence-electron chi connectivity index (χ3n) is 2.10. The van der Waals surface area contributed by atoms with Crippen molar-refractivity contribution < 1.29 is 14.3 Å². The average Bonchev–Trinajstić information content (AvgIpc) is 2.38. The van der Waals surface area contributed by atoms with Gasteiger partial charge in [-0.3, -0.25) is 9.07 Å². The van der Waals surface area contributed by atoms with Gasteiger partial charge in [0.15, 0.2) is 0 Å². The zero-order valence-corrected chi connectivity index (χ0v) is 8.25. The Morgan fingerprint density at radius 2 is 2.21 bits per heavy atom. The highest BCUT2D eigenvalue weighted by Crippen LogP contribution is 2.13. The third kappa shape index (κ3) is 1.92. The highest BCUT2D eigenvalue weighted by Gasteiger charge is 2.16. The molecule has 0 radical (unpaired) electrons. The lowest BCUT2D eigenvalue weighted by Gasteiger charge is -2.01. The number of aromatic nitrogens is 2. The van der Waals surface area contributed by atoms with Crippen LogP contribution in [0.4, 0.5) is 4.39 Å². The maximum absolute atomic E-state index is 11.9. The van der Waals surface area contributed by atoms with Crippen LogP contribution < -0.4 is 0 Å². The lowest BCUT2D eigenvalue weighted by atomic mass is 10.2. The fraction of sp³-hybridized carbons (Fsp3) is 0.556. The fourth-order valence-corrected chi connectivity index (χ4v) is 1.43. The topological polar surface area (TPSA) is 55.1 Å². The molecule has 1 rings (SSSR count). The van der Waals surface area contributed by atoms with E-state index >= 15 is 0 Å². The molecule has 14 heavy (non-hydrogen) atoms. The summed E-state index contributed by atoms with van der Waals surface area (Å²) < 4.78 is 13.5. The van der Waals surface area contributed by atoms with Gasteiger partial charge in [-0.05, 0) is 20.3 Å². The lowest BCUT2D eigenvalue weighted by molar-refractivity contribution is 0.0695. The number of aromatic carboxylic acids is 1. The molecular formula is C9H13FN2O2. The van der Waals surface area contributed by atoms with Gasteiger partial charge in [-0.25, -0.2) is 4.79 Å². The van der Waals surface area contributed by atoms with Crippen LogP contribution >= 0.6 is 0 Å². The molecule has 78 valence electrons. The number of halogens is 1. The first kappa shape index (κ1) is 10.7. The molecule has 0 saturated heterocycles. The van der Waals surface area contributed by atoms with Crippen LogP contribution in [-0.4, -0.2) is 27.5 Å². The van der Waals surface area contributed by atoms with E-state index in [2.05, 4.69) is 5.10 Å². The van der Waals surface area contributed by atoms with E-state index in [0.29, 0.717) is 24.4 Å². The van der Waals surface area contributed by atoms with Crippen molar-refractivity contribution in [3.8, 4) is 0 Å². The van der Waals surface area contributed by atoms with Gasteiger partial charge in [-0.2, -0.15) is 5.10 Å². The van der Waals surface area contributed by atoms with E-state index in [1.807, 2.05) is 0 Å². The molecule has 1 aromatic rings. The van der Waals surface area contributed by atoms with Crippen LogP contribution in [0.25, 0.3) is 0 Å². The van der Waals surface area contributed by atoms with Gasteiger partial charge in [-0.1, -0.05) is 0 Å². The molecule has 0 aromatic carbocycles. The average molecular weight is 200 g/mol. The molecule has 0 atom stereocenters. The zero-order valence-electron chi connectivity index (χ0n) is 8.25. The molecule has 0 aliphatic rings. The summed E-state index contributed by atoms with van der Waals surface area (Å²) in [6.07, 6.45) is 0.362. The van der Waals surface area contributed by atoms with E-state index in [0.717, 1.165) is 0 Å². The van der Waals surface area contributed by atoms with Gasteiger partial charge in [-0.15, -0.1) is 0 Å². The van der Waals surface area contributed by atoms with Crippen molar-refractivity contribution in [2.24, 2.45) is 0 Å². The van der Waals surface area contributed by atoms with E-state index in [9.17, 15) is 9.18 Å². The molecule has 5 heteroatoms. The summed E-state index contributed by atoms with van der Waals surface area (Å²) in [4.78, 5) is 10.8. The number of rotatable bonds is 4. The van der Waals surface area contributed by atoms with Crippen molar-refractivity contribution in [2.45, 2.75) is 26.8 Å². The Labute approximate surface area is 81.3 Å². The lowest BCUT2D eigenvalue weighted by Crippen LogP contribution is -2.05. The second-order valence-electron chi connectivity index (χ2n) is 3.12. The molecular weight excluding hydrogens is 187 g/mol. The van der Waals surface area contributed by atoms with E-state index in [1.165, 1.54) is 0 Å². The molecule has 0 fully saturated rings. The molecule has 0 amide bonds. The minimum absolute atomic E-state index is 0.226. The summed E-state index contributed by atoms with van der Waals surface area (Å²) in [5.74, 6) is -0.980. The van der Waals surface area contributed by atoms with Gasteiger partial charge in [0.1, 0.15) is 5.56 Å². The van der Waals surface area contributed by atoms with Crippen molar-refractivity contribution >= 4 is 5.97 Å². The second-order valence-corrected chi connectivity index (χ2v) is 3.12. The van der Waals surface area contributed by atoms with E-state index in [1.54, 1.807) is 18.5 Å². The van der Waals surface area contributed by atoms with Crippen LogP contribution in [0.5, 0.6) is 0 Å². The van der Waals surface area contributed by atoms with Crippen molar-refractivity contribution in [1.29, 1.82) is 0 Å².